The van der Waals surface area contributed by atoms with Crippen LogP contribution in [0.1, 0.15) is 42.9 Å². The molecule has 0 saturated carbocycles. The number of ketones is 1. The van der Waals surface area contributed by atoms with Crippen molar-refractivity contribution >= 4 is 28.8 Å². The zero-order valence-corrected chi connectivity index (χ0v) is 19.0. The van der Waals surface area contributed by atoms with Crippen LogP contribution in [-0.2, 0) is 4.79 Å². The van der Waals surface area contributed by atoms with Gasteiger partial charge in [0.15, 0.2) is 17.3 Å². The number of fused-ring (bicyclic) bond motifs is 1. The summed E-state index contributed by atoms with van der Waals surface area (Å²) in [4.78, 5) is 13.6. The number of carbonyl (C=O) groups is 1. The molecule has 0 saturated heterocycles. The molecule has 1 aliphatic heterocycles. The van der Waals surface area contributed by atoms with E-state index in [-0.39, 0.29) is 22.5 Å². The standard InChI is InChI=1S/C27H25ClN2O3/c1-2-33-24-15-18(12-19(28)27(24)32)26-25-22(29-20-10-6-7-11-21(20)30-26)13-17(14-23(25)31)16-8-4-3-5-9-16/h3-12,15,17,26,29-30,32H,2,13-14H2,1H3/t17-,26-/m0/s1. The first-order valence-corrected chi connectivity index (χ1v) is 11.5. The number of Topliss-reactive ketones (excluding diaryl/α,β-unsaturated/α-hetero) is 1. The lowest BCUT2D eigenvalue weighted by Crippen LogP contribution is -2.27. The average molecular weight is 461 g/mol. The largest absolute Gasteiger partial charge is 0.503 e. The first-order chi connectivity index (χ1) is 16.0. The summed E-state index contributed by atoms with van der Waals surface area (Å²) in [6, 6.07) is 21.1. The van der Waals surface area contributed by atoms with Crippen LogP contribution in [0.3, 0.4) is 0 Å². The summed E-state index contributed by atoms with van der Waals surface area (Å²) in [5.74, 6) is 0.408. The van der Waals surface area contributed by atoms with Gasteiger partial charge in [0.25, 0.3) is 0 Å². The summed E-state index contributed by atoms with van der Waals surface area (Å²) in [7, 11) is 0. The number of allylic oxidation sites excluding steroid dienone is 1. The van der Waals surface area contributed by atoms with Gasteiger partial charge in [-0.15, -0.1) is 0 Å². The maximum Gasteiger partial charge on any atom is 0.176 e. The van der Waals surface area contributed by atoms with Gasteiger partial charge < -0.3 is 20.5 Å². The van der Waals surface area contributed by atoms with Crippen LogP contribution in [0, 0.1) is 0 Å². The Balaban J connectivity index is 1.64. The minimum atomic E-state index is -0.433. The van der Waals surface area contributed by atoms with Crippen LogP contribution in [0.5, 0.6) is 11.5 Å². The molecule has 2 aliphatic rings. The number of phenolic OH excluding ortho intramolecular Hbond substituents is 1. The van der Waals surface area contributed by atoms with Gasteiger partial charge in [0.2, 0.25) is 0 Å². The highest BCUT2D eigenvalue weighted by molar-refractivity contribution is 6.32. The monoisotopic (exact) mass is 460 g/mol. The van der Waals surface area contributed by atoms with E-state index in [1.165, 1.54) is 0 Å². The third kappa shape index (κ3) is 4.05. The van der Waals surface area contributed by atoms with E-state index in [1.54, 1.807) is 12.1 Å². The average Bonchev–Trinajstić information content (AvgIpc) is 2.99. The molecule has 5 rings (SSSR count). The topological polar surface area (TPSA) is 70.6 Å². The predicted octanol–water partition coefficient (Wildman–Crippen LogP) is 6.42. The fraction of sp³-hybridized carbons (Fsp3) is 0.222. The summed E-state index contributed by atoms with van der Waals surface area (Å²) in [5, 5.41) is 17.6. The van der Waals surface area contributed by atoms with Crippen LogP contribution in [0.4, 0.5) is 11.4 Å². The Morgan fingerprint density at radius 3 is 2.48 bits per heavy atom. The normalized spacial score (nSPS) is 19.6. The number of carbonyl (C=O) groups excluding carboxylic acids is 1. The molecule has 5 nitrogen and oxygen atoms in total. The van der Waals surface area contributed by atoms with E-state index in [1.807, 2.05) is 49.4 Å². The second kappa shape index (κ2) is 8.83. The number of para-hydroxylation sites is 2. The minimum Gasteiger partial charge on any atom is -0.503 e. The van der Waals surface area contributed by atoms with Crippen LogP contribution < -0.4 is 15.4 Å². The van der Waals surface area contributed by atoms with Crippen LogP contribution >= 0.6 is 11.6 Å². The Morgan fingerprint density at radius 2 is 1.73 bits per heavy atom. The van der Waals surface area contributed by atoms with Gasteiger partial charge in [-0.05, 0) is 54.7 Å². The molecular formula is C27H25ClN2O3. The number of rotatable bonds is 4. The molecule has 0 amide bonds. The van der Waals surface area contributed by atoms with E-state index in [4.69, 9.17) is 16.3 Å². The van der Waals surface area contributed by atoms with E-state index >= 15 is 0 Å². The van der Waals surface area contributed by atoms with Crippen molar-refractivity contribution in [1.82, 2.24) is 0 Å². The molecule has 33 heavy (non-hydrogen) atoms. The van der Waals surface area contributed by atoms with Crippen molar-refractivity contribution in [3.05, 3.63) is 94.1 Å². The predicted molar refractivity (Wildman–Crippen MR) is 131 cm³/mol. The van der Waals surface area contributed by atoms with E-state index in [0.717, 1.165) is 34.6 Å². The molecule has 0 aromatic heterocycles. The Kier molecular flexibility index (Phi) is 5.73. The molecule has 0 spiro atoms. The van der Waals surface area contributed by atoms with Gasteiger partial charge in [0.1, 0.15) is 0 Å². The Bertz CT molecular complexity index is 1240. The lowest BCUT2D eigenvalue weighted by Gasteiger charge is -2.30. The summed E-state index contributed by atoms with van der Waals surface area (Å²) < 4.78 is 5.61. The van der Waals surface area contributed by atoms with Gasteiger partial charge in [-0.1, -0.05) is 54.1 Å². The van der Waals surface area contributed by atoms with Crippen molar-refractivity contribution in [2.75, 3.05) is 17.2 Å². The maximum atomic E-state index is 13.6. The molecule has 3 aromatic carbocycles. The molecular weight excluding hydrogens is 436 g/mol. The molecule has 3 aromatic rings. The van der Waals surface area contributed by atoms with Crippen molar-refractivity contribution < 1.29 is 14.6 Å². The second-order valence-corrected chi connectivity index (χ2v) is 8.77. The number of hydrogen-bond acceptors (Lipinski definition) is 5. The number of halogens is 1. The zero-order chi connectivity index (χ0) is 22.9. The van der Waals surface area contributed by atoms with Crippen LogP contribution in [-0.4, -0.2) is 17.5 Å². The van der Waals surface area contributed by atoms with E-state index in [0.29, 0.717) is 24.4 Å². The lowest BCUT2D eigenvalue weighted by atomic mass is 9.78. The molecule has 2 atom stereocenters. The fourth-order valence-corrected chi connectivity index (χ4v) is 4.95. The van der Waals surface area contributed by atoms with Crippen molar-refractivity contribution in [2.45, 2.75) is 31.7 Å². The van der Waals surface area contributed by atoms with E-state index in [2.05, 4.69) is 22.8 Å². The van der Waals surface area contributed by atoms with E-state index < -0.39 is 6.04 Å². The summed E-state index contributed by atoms with van der Waals surface area (Å²) in [5.41, 5.74) is 5.34. The van der Waals surface area contributed by atoms with Crippen LogP contribution in [0.25, 0.3) is 0 Å². The first kappa shape index (κ1) is 21.4. The second-order valence-electron chi connectivity index (χ2n) is 8.36. The molecule has 0 bridgehead atoms. The third-order valence-electron chi connectivity index (χ3n) is 6.26. The van der Waals surface area contributed by atoms with Gasteiger partial charge >= 0.3 is 0 Å². The van der Waals surface area contributed by atoms with Gasteiger partial charge in [0, 0.05) is 17.7 Å². The summed E-state index contributed by atoms with van der Waals surface area (Å²) in [6.07, 6.45) is 1.16. The smallest absolute Gasteiger partial charge is 0.176 e. The molecule has 1 heterocycles. The number of phenols is 1. The molecule has 168 valence electrons. The van der Waals surface area contributed by atoms with Crippen LogP contribution in [0.2, 0.25) is 5.02 Å². The number of anilines is 2. The van der Waals surface area contributed by atoms with Crippen molar-refractivity contribution in [3.8, 4) is 11.5 Å². The molecule has 0 radical (unpaired) electrons. The summed E-state index contributed by atoms with van der Waals surface area (Å²) in [6.45, 7) is 2.24. The molecule has 0 unspecified atom stereocenters. The Hall–Kier alpha value is -3.44. The lowest BCUT2D eigenvalue weighted by molar-refractivity contribution is -0.116. The number of aromatic hydroxyl groups is 1. The van der Waals surface area contributed by atoms with Gasteiger partial charge in [-0.2, -0.15) is 0 Å². The van der Waals surface area contributed by atoms with Crippen molar-refractivity contribution in [2.24, 2.45) is 0 Å². The fourth-order valence-electron chi connectivity index (χ4n) is 4.73. The minimum absolute atomic E-state index is 0.0880. The van der Waals surface area contributed by atoms with Gasteiger partial charge in [-0.25, -0.2) is 0 Å². The first-order valence-electron chi connectivity index (χ1n) is 11.1. The Morgan fingerprint density at radius 1 is 1.00 bits per heavy atom. The van der Waals surface area contributed by atoms with Crippen LogP contribution in [0.15, 0.2) is 78.0 Å². The number of nitrogens with one attached hydrogen (secondary N) is 2. The number of ether oxygens (including phenoxy) is 1. The molecule has 3 N–H and O–H groups in total. The molecule has 6 heteroatoms. The SMILES string of the molecule is CCOc1cc([C@@H]2Nc3ccccc3NC3=C2C(=O)C[C@@H](c2ccccc2)C3)cc(Cl)c1O. The van der Waals surface area contributed by atoms with Gasteiger partial charge in [-0.3, -0.25) is 4.79 Å². The number of hydrogen-bond donors (Lipinski definition) is 3. The molecule has 0 fully saturated rings. The quantitative estimate of drug-likeness (QED) is 0.419. The van der Waals surface area contributed by atoms with Crippen molar-refractivity contribution in [3.63, 3.8) is 0 Å². The highest BCUT2D eigenvalue weighted by Crippen LogP contribution is 2.46. The summed E-state index contributed by atoms with van der Waals surface area (Å²) >= 11 is 6.36. The van der Waals surface area contributed by atoms with Crippen molar-refractivity contribution in [1.29, 1.82) is 0 Å². The molecule has 1 aliphatic carbocycles. The Labute approximate surface area is 198 Å². The highest BCUT2D eigenvalue weighted by Gasteiger charge is 2.36. The third-order valence-corrected chi connectivity index (χ3v) is 6.55. The van der Waals surface area contributed by atoms with Gasteiger partial charge in [0.05, 0.1) is 29.0 Å². The highest BCUT2D eigenvalue weighted by atomic mass is 35.5. The zero-order valence-electron chi connectivity index (χ0n) is 18.3. The van der Waals surface area contributed by atoms with E-state index in [9.17, 15) is 9.90 Å². The number of benzene rings is 3. The maximum absolute atomic E-state index is 13.6.